The quantitative estimate of drug-likeness (QED) is 0.596. The Morgan fingerprint density at radius 1 is 1.13 bits per heavy atom. The van der Waals surface area contributed by atoms with Crippen LogP contribution in [0.15, 0.2) is 48.1 Å². The third kappa shape index (κ3) is 1.53. The molecular formula is C13H8NS. The Hall–Kier alpha value is -1.67. The summed E-state index contributed by atoms with van der Waals surface area (Å²) >= 11 is 1.75. The van der Waals surface area contributed by atoms with Gasteiger partial charge in [-0.05, 0) is 58.3 Å². The summed E-state index contributed by atoms with van der Waals surface area (Å²) in [5.41, 5.74) is 2.29. The van der Waals surface area contributed by atoms with Crippen molar-refractivity contribution in [2.45, 2.75) is 0 Å². The van der Waals surface area contributed by atoms with Gasteiger partial charge in [-0.1, -0.05) is 0 Å². The average Bonchev–Trinajstić information content (AvgIpc) is 2.77. The predicted octanol–water partition coefficient (Wildman–Crippen LogP) is 3.76. The molecular weight excluding hydrogens is 202 g/mol. The lowest BCUT2D eigenvalue weighted by Gasteiger charge is -1.99. The van der Waals surface area contributed by atoms with Gasteiger partial charge in [0, 0.05) is 17.1 Å². The Labute approximate surface area is 92.0 Å². The molecule has 1 radical (unpaired) electrons. The smallest absolute Gasteiger partial charge is 0.0349 e. The number of hydrogen-bond donors (Lipinski definition) is 0. The maximum Gasteiger partial charge on any atom is 0.0349 e. The van der Waals surface area contributed by atoms with Crippen molar-refractivity contribution in [3.05, 3.63) is 54.2 Å². The fourth-order valence-electron chi connectivity index (χ4n) is 1.61. The van der Waals surface area contributed by atoms with E-state index in [-0.39, 0.29) is 0 Å². The highest BCUT2D eigenvalue weighted by Crippen LogP contribution is 2.26. The van der Waals surface area contributed by atoms with Crippen LogP contribution in [0.25, 0.3) is 21.2 Å². The van der Waals surface area contributed by atoms with E-state index in [1.807, 2.05) is 12.1 Å². The van der Waals surface area contributed by atoms with Crippen molar-refractivity contribution >= 4 is 21.4 Å². The molecule has 1 aromatic carbocycles. The molecule has 0 amide bonds. The van der Waals surface area contributed by atoms with E-state index in [4.69, 9.17) is 0 Å². The number of fused-ring (bicyclic) bond motifs is 1. The van der Waals surface area contributed by atoms with Crippen LogP contribution in [0, 0.1) is 6.07 Å². The molecule has 0 unspecified atom stereocenters. The van der Waals surface area contributed by atoms with Gasteiger partial charge in [-0.2, -0.15) is 0 Å². The predicted molar refractivity (Wildman–Crippen MR) is 63.9 cm³/mol. The highest BCUT2D eigenvalue weighted by molar-refractivity contribution is 7.17. The second kappa shape index (κ2) is 3.48. The minimum absolute atomic E-state index is 1.13. The largest absolute Gasteiger partial charge is 0.265 e. The van der Waals surface area contributed by atoms with Crippen molar-refractivity contribution in [1.82, 2.24) is 4.98 Å². The number of benzene rings is 1. The van der Waals surface area contributed by atoms with Gasteiger partial charge in [-0.3, -0.25) is 4.98 Å². The molecule has 3 aromatic rings. The number of hydrogen-bond acceptors (Lipinski definition) is 2. The van der Waals surface area contributed by atoms with Crippen molar-refractivity contribution in [3.8, 4) is 11.1 Å². The summed E-state index contributed by atoms with van der Waals surface area (Å²) in [7, 11) is 0. The monoisotopic (exact) mass is 210 g/mol. The van der Waals surface area contributed by atoms with Crippen LogP contribution in [-0.2, 0) is 0 Å². The summed E-state index contributed by atoms with van der Waals surface area (Å²) in [6, 6.07) is 13.7. The highest BCUT2D eigenvalue weighted by atomic mass is 32.1. The van der Waals surface area contributed by atoms with E-state index in [9.17, 15) is 0 Å². The first-order valence-electron chi connectivity index (χ1n) is 4.73. The standard InChI is InChI=1S/C13H8NS/c1-2-13-12(5-8-15-13)9-11(1)10-3-6-14-7-4-10/h2-9H. The second-order valence-electron chi connectivity index (χ2n) is 3.32. The van der Waals surface area contributed by atoms with Gasteiger partial charge in [0.15, 0.2) is 0 Å². The molecule has 15 heavy (non-hydrogen) atoms. The zero-order chi connectivity index (χ0) is 10.1. The summed E-state index contributed by atoms with van der Waals surface area (Å²) in [5.74, 6) is 0. The summed E-state index contributed by atoms with van der Waals surface area (Å²) in [4.78, 5) is 4.01. The van der Waals surface area contributed by atoms with Crippen LogP contribution in [0.2, 0.25) is 0 Å². The molecule has 2 heteroatoms. The molecule has 0 spiro atoms. The van der Waals surface area contributed by atoms with Crippen molar-refractivity contribution in [1.29, 1.82) is 0 Å². The van der Waals surface area contributed by atoms with E-state index in [0.717, 1.165) is 11.1 Å². The third-order valence-corrected chi connectivity index (χ3v) is 3.26. The topological polar surface area (TPSA) is 12.9 Å². The second-order valence-corrected chi connectivity index (χ2v) is 4.27. The number of nitrogens with zero attached hydrogens (tertiary/aromatic N) is 1. The molecule has 2 aromatic heterocycles. The van der Waals surface area contributed by atoms with E-state index in [2.05, 4.69) is 34.6 Å². The SMILES string of the molecule is [c]1cc2sccc2cc1-c1ccncc1. The minimum Gasteiger partial charge on any atom is -0.265 e. The average molecular weight is 210 g/mol. The van der Waals surface area contributed by atoms with Crippen LogP contribution >= 0.6 is 11.3 Å². The molecule has 0 aliphatic carbocycles. The lowest BCUT2D eigenvalue weighted by Crippen LogP contribution is -1.77. The molecule has 0 atom stereocenters. The Kier molecular flexibility index (Phi) is 2.00. The van der Waals surface area contributed by atoms with Gasteiger partial charge in [-0.25, -0.2) is 0 Å². The van der Waals surface area contributed by atoms with Crippen LogP contribution < -0.4 is 0 Å². The highest BCUT2D eigenvalue weighted by Gasteiger charge is 1.99. The van der Waals surface area contributed by atoms with E-state index in [0.29, 0.717) is 0 Å². The van der Waals surface area contributed by atoms with Crippen LogP contribution in [0.5, 0.6) is 0 Å². The molecule has 71 valence electrons. The van der Waals surface area contributed by atoms with Crippen molar-refractivity contribution < 1.29 is 0 Å². The molecule has 1 nitrogen and oxygen atoms in total. The van der Waals surface area contributed by atoms with Gasteiger partial charge < -0.3 is 0 Å². The van der Waals surface area contributed by atoms with Gasteiger partial charge >= 0.3 is 0 Å². The lowest BCUT2D eigenvalue weighted by molar-refractivity contribution is 1.33. The fraction of sp³-hybridized carbons (Fsp3) is 0. The summed E-state index contributed by atoms with van der Waals surface area (Å²) < 4.78 is 1.29. The molecule has 0 aliphatic rings. The van der Waals surface area contributed by atoms with Gasteiger partial charge in [0.05, 0.1) is 0 Å². The Morgan fingerprint density at radius 3 is 2.87 bits per heavy atom. The molecule has 0 N–H and O–H groups in total. The molecule has 0 aliphatic heterocycles. The first kappa shape index (κ1) is 8.62. The van der Waals surface area contributed by atoms with Gasteiger partial charge in [0.1, 0.15) is 0 Å². The Balaban J connectivity index is 2.19. The van der Waals surface area contributed by atoms with E-state index >= 15 is 0 Å². The number of aromatic nitrogens is 1. The molecule has 0 fully saturated rings. The van der Waals surface area contributed by atoms with E-state index in [1.54, 1.807) is 23.7 Å². The van der Waals surface area contributed by atoms with E-state index < -0.39 is 0 Å². The maximum absolute atomic E-state index is 4.01. The van der Waals surface area contributed by atoms with Crippen LogP contribution in [0.1, 0.15) is 0 Å². The molecule has 0 bridgehead atoms. The maximum atomic E-state index is 4.01. The third-order valence-electron chi connectivity index (χ3n) is 2.38. The number of pyridine rings is 1. The molecule has 0 saturated heterocycles. The zero-order valence-electron chi connectivity index (χ0n) is 7.97. The fourth-order valence-corrected chi connectivity index (χ4v) is 2.36. The summed E-state index contributed by atoms with van der Waals surface area (Å²) in [5, 5.41) is 3.39. The molecule has 3 rings (SSSR count). The van der Waals surface area contributed by atoms with Crippen molar-refractivity contribution in [2.75, 3.05) is 0 Å². The molecule has 0 saturated carbocycles. The van der Waals surface area contributed by atoms with E-state index in [1.165, 1.54) is 10.1 Å². The minimum atomic E-state index is 1.13. The Bertz CT molecular complexity index is 584. The lowest BCUT2D eigenvalue weighted by atomic mass is 10.1. The van der Waals surface area contributed by atoms with Gasteiger partial charge in [-0.15, -0.1) is 11.3 Å². The van der Waals surface area contributed by atoms with Crippen LogP contribution in [0.4, 0.5) is 0 Å². The van der Waals surface area contributed by atoms with Crippen molar-refractivity contribution in [2.24, 2.45) is 0 Å². The number of rotatable bonds is 1. The van der Waals surface area contributed by atoms with Crippen LogP contribution in [0.3, 0.4) is 0 Å². The zero-order valence-corrected chi connectivity index (χ0v) is 8.79. The first-order valence-corrected chi connectivity index (χ1v) is 5.61. The van der Waals surface area contributed by atoms with Crippen LogP contribution in [-0.4, -0.2) is 4.98 Å². The summed E-state index contributed by atoms with van der Waals surface area (Å²) in [6.45, 7) is 0. The molecule has 2 heterocycles. The van der Waals surface area contributed by atoms with Gasteiger partial charge in [0.25, 0.3) is 0 Å². The first-order chi connectivity index (χ1) is 7.43. The normalized spacial score (nSPS) is 10.7. The van der Waals surface area contributed by atoms with Crippen molar-refractivity contribution in [3.63, 3.8) is 0 Å². The summed E-state index contributed by atoms with van der Waals surface area (Å²) in [6.07, 6.45) is 3.61. The Morgan fingerprint density at radius 2 is 2.00 bits per heavy atom. The number of thiophene rings is 1. The van der Waals surface area contributed by atoms with Gasteiger partial charge in [0.2, 0.25) is 0 Å².